The van der Waals surface area contributed by atoms with Crippen molar-refractivity contribution in [1.29, 1.82) is 0 Å². The number of methoxy groups -OCH3 is 1. The van der Waals surface area contributed by atoms with Crippen molar-refractivity contribution in [3.05, 3.63) is 47.9 Å². The van der Waals surface area contributed by atoms with Crippen molar-refractivity contribution in [3.63, 3.8) is 0 Å². The molecule has 3 rings (SSSR count). The van der Waals surface area contributed by atoms with Crippen molar-refractivity contribution in [1.82, 2.24) is 15.1 Å². The first-order valence-corrected chi connectivity index (χ1v) is 7.24. The first kappa shape index (κ1) is 14.7. The zero-order chi connectivity index (χ0) is 15.4. The average Bonchev–Trinajstić information content (AvgIpc) is 2.95. The number of likely N-dealkylation sites (tertiary alicyclic amines) is 1. The summed E-state index contributed by atoms with van der Waals surface area (Å²) in [6.07, 6.45) is 0.994. The first-order valence-electron chi connectivity index (χ1n) is 7.24. The van der Waals surface area contributed by atoms with E-state index in [1.807, 2.05) is 6.07 Å². The van der Waals surface area contributed by atoms with Crippen LogP contribution in [0.15, 0.2) is 36.4 Å². The maximum absolute atomic E-state index is 13.2. The van der Waals surface area contributed by atoms with Crippen LogP contribution in [0, 0.1) is 5.82 Å². The summed E-state index contributed by atoms with van der Waals surface area (Å²) in [5, 5.41) is 8.09. The molecule has 0 N–H and O–H groups in total. The molecular formula is C16H18FN3O2. The highest BCUT2D eigenvalue weighted by Crippen LogP contribution is 2.20. The molecule has 2 aromatic rings. The molecule has 0 amide bonds. The molecule has 1 fully saturated rings. The predicted octanol–water partition coefficient (Wildman–Crippen LogP) is 2.28. The van der Waals surface area contributed by atoms with Gasteiger partial charge in [0.15, 0.2) is 0 Å². The van der Waals surface area contributed by atoms with Crippen molar-refractivity contribution in [3.8, 4) is 11.6 Å². The molecule has 5 nitrogen and oxygen atoms in total. The molecular weight excluding hydrogens is 285 g/mol. The van der Waals surface area contributed by atoms with Gasteiger partial charge >= 0.3 is 0 Å². The lowest BCUT2D eigenvalue weighted by molar-refractivity contribution is 0.197. The highest BCUT2D eigenvalue weighted by atomic mass is 19.1. The van der Waals surface area contributed by atoms with Crippen LogP contribution >= 0.6 is 0 Å². The van der Waals surface area contributed by atoms with Gasteiger partial charge < -0.3 is 9.47 Å². The molecule has 1 unspecified atom stereocenters. The van der Waals surface area contributed by atoms with E-state index < -0.39 is 0 Å². The van der Waals surface area contributed by atoms with Crippen molar-refractivity contribution < 1.29 is 13.9 Å². The monoisotopic (exact) mass is 303 g/mol. The Hall–Kier alpha value is -2.21. The van der Waals surface area contributed by atoms with E-state index in [-0.39, 0.29) is 11.9 Å². The molecule has 1 saturated heterocycles. The molecule has 0 saturated carbocycles. The summed E-state index contributed by atoms with van der Waals surface area (Å²) in [5.74, 6) is 0.814. The summed E-state index contributed by atoms with van der Waals surface area (Å²) in [5.41, 5.74) is 0.896. The van der Waals surface area contributed by atoms with E-state index in [4.69, 9.17) is 9.47 Å². The second-order valence-corrected chi connectivity index (χ2v) is 5.29. The second-order valence-electron chi connectivity index (χ2n) is 5.29. The van der Waals surface area contributed by atoms with Crippen LogP contribution in [-0.2, 0) is 6.54 Å². The third kappa shape index (κ3) is 3.71. The Morgan fingerprint density at radius 1 is 1.27 bits per heavy atom. The number of nitrogens with zero attached hydrogens (tertiary/aromatic N) is 3. The molecule has 0 bridgehead atoms. The van der Waals surface area contributed by atoms with Gasteiger partial charge in [0, 0.05) is 31.8 Å². The fourth-order valence-electron chi connectivity index (χ4n) is 2.54. The third-order valence-corrected chi connectivity index (χ3v) is 3.62. The third-order valence-electron chi connectivity index (χ3n) is 3.62. The lowest BCUT2D eigenvalue weighted by Gasteiger charge is -2.16. The van der Waals surface area contributed by atoms with Gasteiger partial charge in [0.2, 0.25) is 5.88 Å². The van der Waals surface area contributed by atoms with Gasteiger partial charge in [-0.25, -0.2) is 4.39 Å². The highest BCUT2D eigenvalue weighted by Gasteiger charge is 2.24. The van der Waals surface area contributed by atoms with E-state index in [1.165, 1.54) is 12.1 Å². The zero-order valence-corrected chi connectivity index (χ0v) is 12.4. The van der Waals surface area contributed by atoms with Crippen molar-refractivity contribution in [2.24, 2.45) is 0 Å². The molecule has 1 aromatic carbocycles. The normalized spacial score (nSPS) is 18.4. The molecule has 1 atom stereocenters. The van der Waals surface area contributed by atoms with Gasteiger partial charge in [0.25, 0.3) is 0 Å². The minimum absolute atomic E-state index is 0.0769. The Morgan fingerprint density at radius 2 is 2.18 bits per heavy atom. The summed E-state index contributed by atoms with van der Waals surface area (Å²) in [6.45, 7) is 2.44. The van der Waals surface area contributed by atoms with Gasteiger partial charge in [-0.1, -0.05) is 6.07 Å². The van der Waals surface area contributed by atoms with E-state index in [0.717, 1.165) is 31.7 Å². The van der Waals surface area contributed by atoms with Crippen LogP contribution in [0.2, 0.25) is 0 Å². The number of aromatic nitrogens is 2. The maximum atomic E-state index is 13.2. The largest absolute Gasteiger partial charge is 0.489 e. The maximum Gasteiger partial charge on any atom is 0.233 e. The summed E-state index contributed by atoms with van der Waals surface area (Å²) in [7, 11) is 1.57. The Labute approximate surface area is 128 Å². The number of ether oxygens (including phenoxy) is 2. The lowest BCUT2D eigenvalue weighted by Crippen LogP contribution is -2.25. The molecule has 22 heavy (non-hydrogen) atoms. The summed E-state index contributed by atoms with van der Waals surface area (Å²) < 4.78 is 24.0. The second kappa shape index (κ2) is 6.70. The van der Waals surface area contributed by atoms with E-state index >= 15 is 0 Å². The van der Waals surface area contributed by atoms with E-state index in [9.17, 15) is 4.39 Å². The van der Waals surface area contributed by atoms with Gasteiger partial charge in [0.1, 0.15) is 17.7 Å². The average molecular weight is 303 g/mol. The molecule has 0 spiro atoms. The highest BCUT2D eigenvalue weighted by molar-refractivity contribution is 5.22. The molecule has 2 heterocycles. The zero-order valence-electron chi connectivity index (χ0n) is 12.4. The molecule has 1 aromatic heterocycles. The Balaban J connectivity index is 1.53. The van der Waals surface area contributed by atoms with Crippen LogP contribution < -0.4 is 9.47 Å². The van der Waals surface area contributed by atoms with Gasteiger partial charge in [0.05, 0.1) is 12.8 Å². The topological polar surface area (TPSA) is 47.5 Å². The van der Waals surface area contributed by atoms with Crippen LogP contribution in [0.1, 0.15) is 12.1 Å². The molecule has 0 radical (unpaired) electrons. The van der Waals surface area contributed by atoms with Crippen LogP contribution in [0.4, 0.5) is 4.39 Å². The molecule has 6 heteroatoms. The van der Waals surface area contributed by atoms with Gasteiger partial charge in [-0.3, -0.25) is 4.90 Å². The van der Waals surface area contributed by atoms with Crippen molar-refractivity contribution in [2.45, 2.75) is 19.1 Å². The SMILES string of the molecule is COc1ccc(CN2CCC(Oc3cccc(F)c3)C2)nn1. The van der Waals surface area contributed by atoms with E-state index in [1.54, 1.807) is 25.3 Å². The fraction of sp³-hybridized carbons (Fsp3) is 0.375. The Bertz CT molecular complexity index is 621. The summed E-state index contributed by atoms with van der Waals surface area (Å²) in [4.78, 5) is 2.25. The number of halogens is 1. The molecule has 0 aliphatic carbocycles. The fourth-order valence-corrected chi connectivity index (χ4v) is 2.54. The smallest absolute Gasteiger partial charge is 0.233 e. The summed E-state index contributed by atoms with van der Waals surface area (Å²) >= 11 is 0. The Morgan fingerprint density at radius 3 is 2.91 bits per heavy atom. The number of hydrogen-bond acceptors (Lipinski definition) is 5. The van der Waals surface area contributed by atoms with E-state index in [0.29, 0.717) is 11.6 Å². The van der Waals surface area contributed by atoms with Crippen LogP contribution in [-0.4, -0.2) is 41.4 Å². The summed E-state index contributed by atoms with van der Waals surface area (Å²) in [6, 6.07) is 9.98. The van der Waals surface area contributed by atoms with Crippen molar-refractivity contribution in [2.75, 3.05) is 20.2 Å². The minimum atomic E-state index is -0.277. The number of benzene rings is 1. The van der Waals surface area contributed by atoms with Gasteiger partial charge in [-0.2, -0.15) is 5.10 Å². The van der Waals surface area contributed by atoms with Crippen LogP contribution in [0.25, 0.3) is 0 Å². The number of hydrogen-bond donors (Lipinski definition) is 0. The quantitative estimate of drug-likeness (QED) is 0.848. The van der Waals surface area contributed by atoms with Crippen LogP contribution in [0.5, 0.6) is 11.6 Å². The van der Waals surface area contributed by atoms with Gasteiger partial charge in [-0.15, -0.1) is 5.10 Å². The predicted molar refractivity (Wildman–Crippen MR) is 79.3 cm³/mol. The van der Waals surface area contributed by atoms with E-state index in [2.05, 4.69) is 15.1 Å². The molecule has 116 valence electrons. The lowest BCUT2D eigenvalue weighted by atomic mass is 10.3. The van der Waals surface area contributed by atoms with Crippen molar-refractivity contribution >= 4 is 0 Å². The number of rotatable bonds is 5. The molecule has 1 aliphatic rings. The Kier molecular flexibility index (Phi) is 4.48. The van der Waals surface area contributed by atoms with Gasteiger partial charge in [-0.05, 0) is 24.6 Å². The first-order chi connectivity index (χ1) is 10.7. The minimum Gasteiger partial charge on any atom is -0.489 e. The van der Waals surface area contributed by atoms with Crippen LogP contribution in [0.3, 0.4) is 0 Å². The molecule has 1 aliphatic heterocycles. The standard InChI is InChI=1S/C16H18FN3O2/c1-21-16-6-5-13(18-19-16)10-20-8-7-15(11-20)22-14-4-2-3-12(17)9-14/h2-6,9,15H,7-8,10-11H2,1H3.